The first-order chi connectivity index (χ1) is 10.9. The van der Waals surface area contributed by atoms with E-state index in [0.717, 1.165) is 0 Å². The zero-order valence-electron chi connectivity index (χ0n) is 12.8. The molecule has 122 valence electrons. The van der Waals surface area contributed by atoms with E-state index in [4.69, 9.17) is 14.2 Å². The lowest BCUT2D eigenvalue weighted by atomic mass is 9.99. The maximum atomic E-state index is 11.3. The second-order valence-corrected chi connectivity index (χ2v) is 4.70. The summed E-state index contributed by atoms with van der Waals surface area (Å²) in [6.07, 6.45) is -0.686. The van der Waals surface area contributed by atoms with Gasteiger partial charge in [-0.3, -0.25) is 9.59 Å². The molecule has 1 unspecified atom stereocenters. The quantitative estimate of drug-likeness (QED) is 0.359. The minimum atomic E-state index is -0.686. The van der Waals surface area contributed by atoms with E-state index >= 15 is 0 Å². The zero-order chi connectivity index (χ0) is 17.0. The van der Waals surface area contributed by atoms with E-state index in [9.17, 15) is 14.4 Å². The number of oxime groups is 1. The molecule has 1 aromatic carbocycles. The lowest BCUT2D eigenvalue weighted by molar-refractivity contribution is -0.149. The van der Waals surface area contributed by atoms with Gasteiger partial charge in [-0.25, -0.2) is 4.79 Å². The first kappa shape index (κ1) is 16.5. The van der Waals surface area contributed by atoms with Crippen LogP contribution in [-0.4, -0.2) is 30.4 Å². The number of hydrogen-bond acceptors (Lipinski definition) is 8. The number of rotatable bonds is 3. The highest BCUT2D eigenvalue weighted by Crippen LogP contribution is 2.34. The van der Waals surface area contributed by atoms with Gasteiger partial charge in [0.05, 0.1) is 5.56 Å². The molecule has 2 rings (SSSR count). The minimum Gasteiger partial charge on any atom is -0.471 e. The van der Waals surface area contributed by atoms with Crippen LogP contribution in [0.4, 0.5) is 0 Å². The Balaban J connectivity index is 2.50. The van der Waals surface area contributed by atoms with Gasteiger partial charge in [0.15, 0.2) is 6.10 Å². The van der Waals surface area contributed by atoms with E-state index in [-0.39, 0.29) is 18.3 Å². The number of hydrogen-bond donors (Lipinski definition) is 0. The fraction of sp³-hybridized carbons (Fsp3) is 0.333. The summed E-state index contributed by atoms with van der Waals surface area (Å²) in [7, 11) is 0. The second kappa shape index (κ2) is 6.91. The van der Waals surface area contributed by atoms with Crippen molar-refractivity contribution in [3.8, 4) is 5.75 Å². The van der Waals surface area contributed by atoms with Gasteiger partial charge >= 0.3 is 17.9 Å². The summed E-state index contributed by atoms with van der Waals surface area (Å²) in [6.45, 7) is 3.71. The largest absolute Gasteiger partial charge is 0.471 e. The van der Waals surface area contributed by atoms with Gasteiger partial charge in [0.25, 0.3) is 5.90 Å². The number of ether oxygens (including phenoxy) is 3. The average molecular weight is 321 g/mol. The Labute approximate surface area is 131 Å². The monoisotopic (exact) mass is 321 g/mol. The Morgan fingerprint density at radius 1 is 1.13 bits per heavy atom. The summed E-state index contributed by atoms with van der Waals surface area (Å²) in [5, 5.41) is 3.62. The highest BCUT2D eigenvalue weighted by molar-refractivity contribution is 6.00. The maximum Gasteiger partial charge on any atom is 0.332 e. The van der Waals surface area contributed by atoms with Crippen molar-refractivity contribution >= 4 is 23.8 Å². The standard InChI is InChI=1S/C15H15NO7/c1-8(17)21-12-6-4-5-11-13(22-9(2)18)7-20-15(14(11)12)16-23-10(3)19/h4-6,13H,7H2,1-3H3/b16-15+. The third-order valence-corrected chi connectivity index (χ3v) is 2.81. The third kappa shape index (κ3) is 4.06. The van der Waals surface area contributed by atoms with Crippen molar-refractivity contribution < 1.29 is 33.4 Å². The maximum absolute atomic E-state index is 11.3. The fourth-order valence-corrected chi connectivity index (χ4v) is 2.08. The van der Waals surface area contributed by atoms with Crippen LogP contribution in [0.3, 0.4) is 0 Å². The zero-order valence-corrected chi connectivity index (χ0v) is 12.8. The molecule has 1 atom stereocenters. The van der Waals surface area contributed by atoms with Gasteiger partial charge in [-0.1, -0.05) is 12.1 Å². The van der Waals surface area contributed by atoms with Crippen LogP contribution in [0, 0.1) is 0 Å². The number of carbonyl (C=O) groups excluding carboxylic acids is 3. The van der Waals surface area contributed by atoms with Gasteiger partial charge in [0.2, 0.25) is 0 Å². The van der Waals surface area contributed by atoms with Crippen LogP contribution in [0.5, 0.6) is 5.75 Å². The highest BCUT2D eigenvalue weighted by Gasteiger charge is 2.32. The molecule has 1 aliphatic rings. The summed E-state index contributed by atoms with van der Waals surface area (Å²) < 4.78 is 15.7. The summed E-state index contributed by atoms with van der Waals surface area (Å²) in [5.41, 5.74) is 0.831. The van der Waals surface area contributed by atoms with Crippen LogP contribution >= 0.6 is 0 Å². The average Bonchev–Trinajstić information content (AvgIpc) is 2.45. The number of carbonyl (C=O) groups is 3. The van der Waals surface area contributed by atoms with Gasteiger partial charge in [-0.2, -0.15) is 0 Å². The van der Waals surface area contributed by atoms with Gasteiger partial charge in [-0.15, -0.1) is 0 Å². The molecule has 0 aromatic heterocycles. The molecule has 0 fully saturated rings. The number of nitrogens with zero attached hydrogens (tertiary/aromatic N) is 1. The smallest absolute Gasteiger partial charge is 0.332 e. The third-order valence-electron chi connectivity index (χ3n) is 2.81. The van der Waals surface area contributed by atoms with Crippen LogP contribution in [0.2, 0.25) is 0 Å². The van der Waals surface area contributed by atoms with Gasteiger partial charge in [0.1, 0.15) is 12.4 Å². The molecule has 0 saturated carbocycles. The van der Waals surface area contributed by atoms with Gasteiger partial charge in [0, 0.05) is 26.3 Å². The summed E-state index contributed by atoms with van der Waals surface area (Å²) in [5.74, 6) is -1.52. The second-order valence-electron chi connectivity index (χ2n) is 4.70. The van der Waals surface area contributed by atoms with Crippen LogP contribution < -0.4 is 4.74 Å². The summed E-state index contributed by atoms with van der Waals surface area (Å²) >= 11 is 0. The molecule has 0 N–H and O–H groups in total. The first-order valence-electron chi connectivity index (χ1n) is 6.75. The predicted molar refractivity (Wildman–Crippen MR) is 76.5 cm³/mol. The van der Waals surface area contributed by atoms with Crippen molar-refractivity contribution in [2.45, 2.75) is 26.9 Å². The van der Waals surface area contributed by atoms with Gasteiger partial charge in [-0.05, 0) is 11.2 Å². The van der Waals surface area contributed by atoms with Crippen molar-refractivity contribution in [3.05, 3.63) is 29.3 Å². The van der Waals surface area contributed by atoms with E-state index in [2.05, 4.69) is 9.99 Å². The van der Waals surface area contributed by atoms with Crippen LogP contribution in [-0.2, 0) is 28.7 Å². The molecular weight excluding hydrogens is 306 g/mol. The summed E-state index contributed by atoms with van der Waals surface area (Å²) in [6, 6.07) is 4.85. The van der Waals surface area contributed by atoms with Crippen molar-refractivity contribution in [2.75, 3.05) is 6.61 Å². The van der Waals surface area contributed by atoms with E-state index in [1.165, 1.54) is 26.8 Å². The Morgan fingerprint density at radius 2 is 1.87 bits per heavy atom. The Kier molecular flexibility index (Phi) is 4.95. The SMILES string of the molecule is CC(=O)O/N=C1/OCC(OC(C)=O)c2cccc(OC(C)=O)c21. The van der Waals surface area contributed by atoms with Gasteiger partial charge < -0.3 is 19.0 Å². The minimum absolute atomic E-state index is 0.00377. The molecule has 8 nitrogen and oxygen atoms in total. The lowest BCUT2D eigenvalue weighted by Crippen LogP contribution is -2.27. The highest BCUT2D eigenvalue weighted by atomic mass is 16.7. The molecule has 1 aliphatic heterocycles. The number of fused-ring (bicyclic) bond motifs is 1. The van der Waals surface area contributed by atoms with Crippen molar-refractivity contribution in [3.63, 3.8) is 0 Å². The predicted octanol–water partition coefficient (Wildman–Crippen LogP) is 1.47. The van der Waals surface area contributed by atoms with E-state index < -0.39 is 24.0 Å². The molecule has 0 spiro atoms. The number of esters is 2. The molecule has 0 amide bonds. The van der Waals surface area contributed by atoms with Crippen LogP contribution in [0.15, 0.2) is 23.4 Å². The lowest BCUT2D eigenvalue weighted by Gasteiger charge is -2.27. The molecule has 8 heteroatoms. The van der Waals surface area contributed by atoms with Crippen molar-refractivity contribution in [1.29, 1.82) is 0 Å². The summed E-state index contributed by atoms with van der Waals surface area (Å²) in [4.78, 5) is 38.0. The molecule has 0 saturated heterocycles. The van der Waals surface area contributed by atoms with E-state index in [1.54, 1.807) is 12.1 Å². The van der Waals surface area contributed by atoms with Crippen LogP contribution in [0.25, 0.3) is 0 Å². The molecule has 0 bridgehead atoms. The molecule has 1 heterocycles. The van der Waals surface area contributed by atoms with Crippen LogP contribution in [0.1, 0.15) is 38.0 Å². The molecular formula is C15H15NO7. The number of benzene rings is 1. The van der Waals surface area contributed by atoms with Crippen molar-refractivity contribution in [1.82, 2.24) is 0 Å². The molecule has 1 aromatic rings. The van der Waals surface area contributed by atoms with E-state index in [1.807, 2.05) is 0 Å². The Morgan fingerprint density at radius 3 is 2.48 bits per heavy atom. The first-order valence-corrected chi connectivity index (χ1v) is 6.75. The normalized spacial score (nSPS) is 17.7. The Hall–Kier alpha value is -2.90. The molecule has 0 radical (unpaired) electrons. The molecule has 0 aliphatic carbocycles. The Bertz CT molecular complexity index is 680. The van der Waals surface area contributed by atoms with E-state index in [0.29, 0.717) is 11.1 Å². The topological polar surface area (TPSA) is 100 Å². The molecule has 23 heavy (non-hydrogen) atoms. The fourth-order valence-electron chi connectivity index (χ4n) is 2.08. The van der Waals surface area contributed by atoms with Crippen molar-refractivity contribution in [2.24, 2.45) is 5.16 Å².